The zero-order valence-corrected chi connectivity index (χ0v) is 7.61. The van der Waals surface area contributed by atoms with Crippen molar-refractivity contribution in [2.24, 2.45) is 11.3 Å². The summed E-state index contributed by atoms with van der Waals surface area (Å²) >= 11 is 0. The second-order valence-corrected chi connectivity index (χ2v) is 3.87. The normalized spacial score (nSPS) is 27.9. The van der Waals surface area contributed by atoms with E-state index in [1.807, 2.05) is 13.8 Å². The molecule has 0 radical (unpaired) electrons. The molecule has 2 saturated carbocycles. The lowest BCUT2D eigenvalue weighted by atomic mass is 9.52. The zero-order valence-electron chi connectivity index (χ0n) is 7.61. The minimum atomic E-state index is 0.916. The van der Waals surface area contributed by atoms with Crippen molar-refractivity contribution in [3.8, 4) is 0 Å². The van der Waals surface area contributed by atoms with Gasteiger partial charge in [-0.25, -0.2) is 0 Å². The van der Waals surface area contributed by atoms with Crippen LogP contribution in [0.3, 0.4) is 0 Å². The number of hydrogen-bond acceptors (Lipinski definition) is 0. The highest BCUT2D eigenvalue weighted by atomic mass is 14.5. The maximum atomic E-state index is 2.38. The Labute approximate surface area is 65.0 Å². The van der Waals surface area contributed by atoms with Gasteiger partial charge < -0.3 is 0 Å². The fourth-order valence-electron chi connectivity index (χ4n) is 2.50. The van der Waals surface area contributed by atoms with E-state index in [1.165, 1.54) is 6.42 Å². The largest absolute Gasteiger partial charge is 0.0683 e. The molecule has 0 aromatic rings. The second-order valence-electron chi connectivity index (χ2n) is 3.87. The third-order valence-corrected chi connectivity index (χ3v) is 2.98. The summed E-state index contributed by atoms with van der Waals surface area (Å²) < 4.78 is 0. The maximum absolute atomic E-state index is 2.38. The first kappa shape index (κ1) is 8.10. The molecule has 0 heterocycles. The van der Waals surface area contributed by atoms with E-state index in [0.717, 1.165) is 11.3 Å². The highest BCUT2D eigenvalue weighted by Gasteiger charge is 2.45. The van der Waals surface area contributed by atoms with Crippen LogP contribution in [-0.4, -0.2) is 0 Å². The fraction of sp³-hybridized carbons (Fsp3) is 1.00. The Kier molecular flexibility index (Phi) is 2.38. The van der Waals surface area contributed by atoms with Crippen molar-refractivity contribution in [1.82, 2.24) is 0 Å². The molecular formula is C10H20. The van der Waals surface area contributed by atoms with Crippen molar-refractivity contribution in [1.29, 1.82) is 0 Å². The molecule has 60 valence electrons. The van der Waals surface area contributed by atoms with Gasteiger partial charge in [-0.1, -0.05) is 27.2 Å². The molecule has 0 unspecified atom stereocenters. The van der Waals surface area contributed by atoms with Gasteiger partial charge in [0.2, 0.25) is 0 Å². The Bertz CT molecular complexity index is 92.6. The molecule has 2 fully saturated rings. The van der Waals surface area contributed by atoms with Crippen LogP contribution in [0.4, 0.5) is 0 Å². The Morgan fingerprint density at radius 3 is 1.70 bits per heavy atom. The van der Waals surface area contributed by atoms with Crippen LogP contribution in [-0.2, 0) is 0 Å². The van der Waals surface area contributed by atoms with E-state index in [0.29, 0.717) is 0 Å². The van der Waals surface area contributed by atoms with Crippen molar-refractivity contribution in [2.75, 3.05) is 0 Å². The summed E-state index contributed by atoms with van der Waals surface area (Å²) in [7, 11) is 0. The van der Waals surface area contributed by atoms with Gasteiger partial charge in [-0.3, -0.25) is 0 Å². The predicted octanol–water partition coefficient (Wildman–Crippen LogP) is 3.61. The van der Waals surface area contributed by atoms with E-state index in [-0.39, 0.29) is 0 Å². The standard InChI is InChI=1S/C8H14.C2H6/c1-7-5-8(6-7)3-2-4-8;1-2/h7H,2-6H2,1H3;1-2H3. The summed E-state index contributed by atoms with van der Waals surface area (Å²) in [6.45, 7) is 6.38. The highest BCUT2D eigenvalue weighted by Crippen LogP contribution is 2.58. The average Bonchev–Trinajstić information content (AvgIpc) is 1.82. The molecule has 2 aliphatic rings. The van der Waals surface area contributed by atoms with Gasteiger partial charge in [0, 0.05) is 0 Å². The first-order valence-electron chi connectivity index (χ1n) is 4.81. The molecule has 0 N–H and O–H groups in total. The van der Waals surface area contributed by atoms with Crippen LogP contribution in [0.25, 0.3) is 0 Å². The molecule has 0 nitrogen and oxygen atoms in total. The topological polar surface area (TPSA) is 0 Å². The first-order valence-corrected chi connectivity index (χ1v) is 4.81. The minimum Gasteiger partial charge on any atom is -0.0683 e. The molecule has 2 rings (SSSR count). The molecule has 0 heteroatoms. The molecule has 10 heavy (non-hydrogen) atoms. The molecule has 0 aromatic heterocycles. The third kappa shape index (κ3) is 1.21. The van der Waals surface area contributed by atoms with Crippen molar-refractivity contribution in [2.45, 2.75) is 52.9 Å². The molecule has 0 amide bonds. The van der Waals surface area contributed by atoms with Crippen LogP contribution in [0.15, 0.2) is 0 Å². The van der Waals surface area contributed by atoms with E-state index < -0.39 is 0 Å². The van der Waals surface area contributed by atoms with Gasteiger partial charge in [0.25, 0.3) is 0 Å². The van der Waals surface area contributed by atoms with Gasteiger partial charge in [-0.2, -0.15) is 0 Å². The Hall–Kier alpha value is 0. The number of hydrogen-bond donors (Lipinski definition) is 0. The van der Waals surface area contributed by atoms with E-state index in [1.54, 1.807) is 25.7 Å². The molecule has 2 aliphatic carbocycles. The van der Waals surface area contributed by atoms with Crippen LogP contribution in [0, 0.1) is 11.3 Å². The maximum Gasteiger partial charge on any atom is -0.0292 e. The minimum absolute atomic E-state index is 0.916. The molecule has 0 aromatic carbocycles. The molecule has 0 atom stereocenters. The Morgan fingerprint density at radius 2 is 1.60 bits per heavy atom. The van der Waals surface area contributed by atoms with Gasteiger partial charge in [-0.15, -0.1) is 0 Å². The summed E-state index contributed by atoms with van der Waals surface area (Å²) in [5, 5.41) is 0. The Morgan fingerprint density at radius 1 is 1.10 bits per heavy atom. The van der Waals surface area contributed by atoms with Crippen molar-refractivity contribution in [3.05, 3.63) is 0 Å². The zero-order chi connectivity index (χ0) is 7.61. The predicted molar refractivity (Wildman–Crippen MR) is 46.0 cm³/mol. The van der Waals surface area contributed by atoms with Crippen molar-refractivity contribution in [3.63, 3.8) is 0 Å². The van der Waals surface area contributed by atoms with Gasteiger partial charge in [0.1, 0.15) is 0 Å². The molecule has 1 spiro atoms. The molecular weight excluding hydrogens is 120 g/mol. The SMILES string of the molecule is CC.CC1CC2(CCC2)C1. The highest BCUT2D eigenvalue weighted by molar-refractivity contribution is 4.97. The molecule has 0 saturated heterocycles. The van der Waals surface area contributed by atoms with Crippen molar-refractivity contribution >= 4 is 0 Å². The van der Waals surface area contributed by atoms with Crippen molar-refractivity contribution < 1.29 is 0 Å². The van der Waals surface area contributed by atoms with Crippen LogP contribution >= 0.6 is 0 Å². The lowest BCUT2D eigenvalue weighted by molar-refractivity contribution is -0.0161. The smallest absolute Gasteiger partial charge is 0.0292 e. The van der Waals surface area contributed by atoms with Crippen LogP contribution in [0.5, 0.6) is 0 Å². The quantitative estimate of drug-likeness (QED) is 0.482. The fourth-order valence-corrected chi connectivity index (χ4v) is 2.50. The van der Waals surface area contributed by atoms with Crippen LogP contribution in [0.1, 0.15) is 52.9 Å². The summed E-state index contributed by atoms with van der Waals surface area (Å²) in [4.78, 5) is 0. The van der Waals surface area contributed by atoms with E-state index >= 15 is 0 Å². The number of rotatable bonds is 0. The first-order chi connectivity index (χ1) is 4.81. The molecule has 0 aliphatic heterocycles. The van der Waals surface area contributed by atoms with E-state index in [2.05, 4.69) is 6.92 Å². The third-order valence-electron chi connectivity index (χ3n) is 2.98. The van der Waals surface area contributed by atoms with Gasteiger partial charge in [0.05, 0.1) is 0 Å². The summed E-state index contributed by atoms with van der Waals surface area (Å²) in [6, 6.07) is 0. The lowest BCUT2D eigenvalue weighted by Gasteiger charge is -2.53. The molecule has 0 bridgehead atoms. The summed E-state index contributed by atoms with van der Waals surface area (Å²) in [5.74, 6) is 1.07. The van der Waals surface area contributed by atoms with Gasteiger partial charge in [-0.05, 0) is 37.0 Å². The second kappa shape index (κ2) is 2.94. The van der Waals surface area contributed by atoms with Gasteiger partial charge in [0.15, 0.2) is 0 Å². The monoisotopic (exact) mass is 140 g/mol. The van der Waals surface area contributed by atoms with Gasteiger partial charge >= 0.3 is 0 Å². The van der Waals surface area contributed by atoms with E-state index in [9.17, 15) is 0 Å². The summed E-state index contributed by atoms with van der Waals surface area (Å²) in [5.41, 5.74) is 0.916. The average molecular weight is 140 g/mol. The Balaban J connectivity index is 0.000000231. The summed E-state index contributed by atoms with van der Waals surface area (Å²) in [6.07, 6.45) is 7.72. The van der Waals surface area contributed by atoms with Crippen LogP contribution in [0.2, 0.25) is 0 Å². The lowest BCUT2D eigenvalue weighted by Crippen LogP contribution is -2.41. The van der Waals surface area contributed by atoms with E-state index in [4.69, 9.17) is 0 Å². The van der Waals surface area contributed by atoms with Crippen LogP contribution < -0.4 is 0 Å².